The second-order valence-electron chi connectivity index (χ2n) is 4.36. The Morgan fingerprint density at radius 1 is 1.19 bits per heavy atom. The van der Waals surface area contributed by atoms with E-state index in [2.05, 4.69) is 10.6 Å². The summed E-state index contributed by atoms with van der Waals surface area (Å²) >= 11 is 10.9. The number of nitro groups is 1. The number of nitro benzene ring substituents is 1. The second-order valence-corrected chi connectivity index (χ2v) is 5.21. The fourth-order valence-electron chi connectivity index (χ4n) is 1.72. The molecule has 2 rings (SSSR count). The molecule has 0 saturated carbocycles. The number of thiocarbonyl (C=S) groups is 1. The maximum absolute atomic E-state index is 11.0. The monoisotopic (exact) mass is 321 g/mol. The summed E-state index contributed by atoms with van der Waals surface area (Å²) in [6, 6.07) is 11.9. The third kappa shape index (κ3) is 4.14. The van der Waals surface area contributed by atoms with Gasteiger partial charge in [-0.3, -0.25) is 10.1 Å². The van der Waals surface area contributed by atoms with E-state index in [-0.39, 0.29) is 10.8 Å². The number of nitrogens with zero attached hydrogens (tertiary/aromatic N) is 1. The van der Waals surface area contributed by atoms with Crippen molar-refractivity contribution in [1.82, 2.24) is 0 Å². The van der Waals surface area contributed by atoms with Gasteiger partial charge >= 0.3 is 0 Å². The number of rotatable bonds is 3. The van der Waals surface area contributed by atoms with Crippen molar-refractivity contribution in [2.75, 3.05) is 10.6 Å². The maximum atomic E-state index is 11.0. The molecule has 0 aliphatic rings. The Kier molecular flexibility index (Phi) is 4.72. The Balaban J connectivity index is 2.12. The SMILES string of the molecule is Cc1ccc(NC(=S)Nc2ccc(Cl)cc2)c([N+](=O)[O-])c1. The summed E-state index contributed by atoms with van der Waals surface area (Å²) in [5, 5.41) is 17.7. The van der Waals surface area contributed by atoms with E-state index in [0.29, 0.717) is 10.7 Å². The van der Waals surface area contributed by atoms with Crippen LogP contribution in [0.15, 0.2) is 42.5 Å². The zero-order valence-corrected chi connectivity index (χ0v) is 12.7. The molecule has 0 bridgehead atoms. The Morgan fingerprint density at radius 3 is 2.48 bits per heavy atom. The van der Waals surface area contributed by atoms with Crippen LogP contribution in [0.5, 0.6) is 0 Å². The van der Waals surface area contributed by atoms with Crippen molar-refractivity contribution in [3.05, 3.63) is 63.2 Å². The third-order valence-corrected chi connectivity index (χ3v) is 3.16. The molecule has 7 heteroatoms. The van der Waals surface area contributed by atoms with Crippen LogP contribution < -0.4 is 10.6 Å². The third-order valence-electron chi connectivity index (χ3n) is 2.70. The number of halogens is 1. The van der Waals surface area contributed by atoms with Crippen LogP contribution in [0.4, 0.5) is 17.1 Å². The summed E-state index contributed by atoms with van der Waals surface area (Å²) in [6.45, 7) is 1.79. The molecule has 0 radical (unpaired) electrons. The second kappa shape index (κ2) is 6.51. The first-order valence-corrected chi connectivity index (χ1v) is 6.83. The maximum Gasteiger partial charge on any atom is 0.292 e. The van der Waals surface area contributed by atoms with Crippen LogP contribution in [0, 0.1) is 17.0 Å². The molecule has 0 saturated heterocycles. The van der Waals surface area contributed by atoms with Crippen molar-refractivity contribution >= 4 is 46.0 Å². The van der Waals surface area contributed by atoms with Crippen molar-refractivity contribution in [1.29, 1.82) is 0 Å². The number of nitrogens with one attached hydrogen (secondary N) is 2. The minimum atomic E-state index is -0.444. The van der Waals surface area contributed by atoms with Crippen LogP contribution in [0.2, 0.25) is 5.02 Å². The first-order valence-electron chi connectivity index (χ1n) is 6.04. The van der Waals surface area contributed by atoms with Crippen molar-refractivity contribution < 1.29 is 4.92 Å². The largest absolute Gasteiger partial charge is 0.332 e. The number of hydrogen-bond donors (Lipinski definition) is 2. The number of anilines is 2. The summed E-state index contributed by atoms with van der Waals surface area (Å²) in [4.78, 5) is 10.6. The molecule has 0 amide bonds. The van der Waals surface area contributed by atoms with Crippen LogP contribution in [0.1, 0.15) is 5.56 Å². The van der Waals surface area contributed by atoms with E-state index in [4.69, 9.17) is 23.8 Å². The standard InChI is InChI=1S/C14H12ClN3O2S/c1-9-2-7-12(13(8-9)18(19)20)17-14(21)16-11-5-3-10(15)4-6-11/h2-8H,1H3,(H2,16,17,21). The summed E-state index contributed by atoms with van der Waals surface area (Å²) in [5.74, 6) is 0. The predicted octanol–water partition coefficient (Wildman–Crippen LogP) is 4.37. The number of benzene rings is 2. The van der Waals surface area contributed by atoms with Crippen LogP contribution in [0.25, 0.3) is 0 Å². The highest BCUT2D eigenvalue weighted by molar-refractivity contribution is 7.80. The van der Waals surface area contributed by atoms with E-state index in [0.717, 1.165) is 11.3 Å². The molecule has 2 aromatic rings. The van der Waals surface area contributed by atoms with Crippen molar-refractivity contribution in [3.63, 3.8) is 0 Å². The molecular formula is C14H12ClN3O2S. The smallest absolute Gasteiger partial charge is 0.292 e. The molecule has 0 fully saturated rings. The van der Waals surface area contributed by atoms with Gasteiger partial charge in [-0.15, -0.1) is 0 Å². The lowest BCUT2D eigenvalue weighted by atomic mass is 10.2. The van der Waals surface area contributed by atoms with Crippen LogP contribution in [-0.2, 0) is 0 Å². The molecule has 0 aliphatic heterocycles. The zero-order valence-electron chi connectivity index (χ0n) is 11.1. The van der Waals surface area contributed by atoms with Gasteiger partial charge in [0.25, 0.3) is 5.69 Å². The highest BCUT2D eigenvalue weighted by Crippen LogP contribution is 2.25. The van der Waals surface area contributed by atoms with Gasteiger partial charge in [-0.25, -0.2) is 0 Å². The Labute approximate surface area is 132 Å². The van der Waals surface area contributed by atoms with E-state index in [1.807, 2.05) is 0 Å². The van der Waals surface area contributed by atoms with E-state index >= 15 is 0 Å². The lowest BCUT2D eigenvalue weighted by Gasteiger charge is -2.11. The van der Waals surface area contributed by atoms with Gasteiger partial charge in [0.1, 0.15) is 5.69 Å². The van der Waals surface area contributed by atoms with Gasteiger partial charge in [0.05, 0.1) is 4.92 Å². The summed E-state index contributed by atoms with van der Waals surface area (Å²) in [6.07, 6.45) is 0. The van der Waals surface area contributed by atoms with E-state index in [1.165, 1.54) is 6.07 Å². The normalized spacial score (nSPS) is 10.0. The van der Waals surface area contributed by atoms with E-state index in [1.54, 1.807) is 43.3 Å². The molecule has 2 N–H and O–H groups in total. The highest BCUT2D eigenvalue weighted by Gasteiger charge is 2.14. The molecular weight excluding hydrogens is 310 g/mol. The minimum absolute atomic E-state index is 0.0183. The molecule has 5 nitrogen and oxygen atoms in total. The fraction of sp³-hybridized carbons (Fsp3) is 0.0714. The predicted molar refractivity (Wildman–Crippen MR) is 89.1 cm³/mol. The quantitative estimate of drug-likeness (QED) is 0.499. The zero-order chi connectivity index (χ0) is 15.4. The first kappa shape index (κ1) is 15.2. The average Bonchev–Trinajstić information content (AvgIpc) is 2.43. The van der Waals surface area contributed by atoms with Gasteiger partial charge in [-0.05, 0) is 55.0 Å². The Hall–Kier alpha value is -2.18. The molecule has 0 aliphatic carbocycles. The lowest BCUT2D eigenvalue weighted by Crippen LogP contribution is -2.19. The van der Waals surface area contributed by atoms with Gasteiger partial charge < -0.3 is 10.6 Å². The number of aryl methyl sites for hydroxylation is 1. The lowest BCUT2D eigenvalue weighted by molar-refractivity contribution is -0.383. The minimum Gasteiger partial charge on any atom is -0.332 e. The molecule has 0 aromatic heterocycles. The van der Waals surface area contributed by atoms with Crippen LogP contribution >= 0.6 is 23.8 Å². The van der Waals surface area contributed by atoms with Gasteiger partial charge in [0, 0.05) is 16.8 Å². The fourth-order valence-corrected chi connectivity index (χ4v) is 2.07. The molecule has 21 heavy (non-hydrogen) atoms. The average molecular weight is 322 g/mol. The van der Waals surface area contributed by atoms with Gasteiger partial charge in [-0.2, -0.15) is 0 Å². The Bertz CT molecular complexity index is 689. The summed E-state index contributed by atoms with van der Waals surface area (Å²) in [7, 11) is 0. The van der Waals surface area contributed by atoms with Crippen LogP contribution in [0.3, 0.4) is 0 Å². The molecule has 0 heterocycles. The summed E-state index contributed by atoms with van der Waals surface area (Å²) in [5.41, 5.74) is 1.88. The topological polar surface area (TPSA) is 67.2 Å². The van der Waals surface area contributed by atoms with Gasteiger partial charge in [-0.1, -0.05) is 17.7 Å². The molecule has 0 spiro atoms. The highest BCUT2D eigenvalue weighted by atomic mass is 35.5. The van der Waals surface area contributed by atoms with E-state index < -0.39 is 4.92 Å². The first-order chi connectivity index (χ1) is 9.95. The summed E-state index contributed by atoms with van der Waals surface area (Å²) < 4.78 is 0. The van der Waals surface area contributed by atoms with Crippen LogP contribution in [-0.4, -0.2) is 10.0 Å². The van der Waals surface area contributed by atoms with Gasteiger partial charge in [0.2, 0.25) is 0 Å². The molecule has 0 unspecified atom stereocenters. The van der Waals surface area contributed by atoms with Crippen molar-refractivity contribution in [2.45, 2.75) is 6.92 Å². The van der Waals surface area contributed by atoms with E-state index in [9.17, 15) is 10.1 Å². The van der Waals surface area contributed by atoms with Crippen molar-refractivity contribution in [3.8, 4) is 0 Å². The Morgan fingerprint density at radius 2 is 1.86 bits per heavy atom. The van der Waals surface area contributed by atoms with Gasteiger partial charge in [0.15, 0.2) is 5.11 Å². The molecule has 108 valence electrons. The molecule has 0 atom stereocenters. The number of hydrogen-bond acceptors (Lipinski definition) is 3. The van der Waals surface area contributed by atoms with Crippen molar-refractivity contribution in [2.24, 2.45) is 0 Å². The molecule has 2 aromatic carbocycles.